The largest absolute Gasteiger partial charge is 0.507 e. The van der Waals surface area contributed by atoms with Gasteiger partial charge in [0.1, 0.15) is 30.0 Å². The van der Waals surface area contributed by atoms with Crippen LogP contribution < -0.4 is 9.47 Å². The first kappa shape index (κ1) is 24.6. The van der Waals surface area contributed by atoms with Gasteiger partial charge in [0.2, 0.25) is 0 Å². The minimum absolute atomic E-state index is 0.0469. The van der Waals surface area contributed by atoms with Crippen LogP contribution in [-0.4, -0.2) is 48.1 Å². The topological polar surface area (TPSA) is 85.3 Å². The zero-order chi connectivity index (χ0) is 25.9. The van der Waals surface area contributed by atoms with Crippen molar-refractivity contribution in [1.29, 1.82) is 0 Å². The molecule has 1 saturated heterocycles. The molecule has 190 valence electrons. The molecule has 0 bridgehead atoms. The first-order valence-corrected chi connectivity index (χ1v) is 12.3. The van der Waals surface area contributed by atoms with Crippen LogP contribution in [0.4, 0.5) is 0 Å². The predicted octanol–water partition coefficient (Wildman–Crippen LogP) is 4.66. The van der Waals surface area contributed by atoms with Crippen molar-refractivity contribution in [2.45, 2.75) is 32.1 Å². The molecular weight excluding hydrogens is 470 g/mol. The summed E-state index contributed by atoms with van der Waals surface area (Å²) in [6, 6.07) is 21.6. The average molecular weight is 500 g/mol. The van der Waals surface area contributed by atoms with Gasteiger partial charge in [0.25, 0.3) is 11.7 Å². The number of hydrogen-bond donors (Lipinski definition) is 1. The molecule has 2 aliphatic heterocycles. The van der Waals surface area contributed by atoms with E-state index < -0.39 is 17.7 Å². The molecule has 0 aromatic heterocycles. The number of Topliss-reactive ketones (excluding diaryl/α,β-unsaturated/α-hetero) is 1. The van der Waals surface area contributed by atoms with Crippen LogP contribution in [0.5, 0.6) is 11.5 Å². The van der Waals surface area contributed by atoms with Crippen LogP contribution in [0, 0.1) is 0 Å². The van der Waals surface area contributed by atoms with E-state index in [0.29, 0.717) is 29.9 Å². The van der Waals surface area contributed by atoms with Crippen LogP contribution >= 0.6 is 0 Å². The van der Waals surface area contributed by atoms with Crippen LogP contribution in [0.15, 0.2) is 78.4 Å². The van der Waals surface area contributed by atoms with Crippen LogP contribution in [0.1, 0.15) is 35.2 Å². The number of carbonyl (C=O) groups is 2. The monoisotopic (exact) mass is 499 g/mol. The zero-order valence-electron chi connectivity index (χ0n) is 20.8. The van der Waals surface area contributed by atoms with Gasteiger partial charge >= 0.3 is 0 Å². The highest BCUT2D eigenvalue weighted by Crippen LogP contribution is 2.41. The molecule has 2 atom stereocenters. The van der Waals surface area contributed by atoms with E-state index in [9.17, 15) is 14.7 Å². The van der Waals surface area contributed by atoms with Crippen LogP contribution in [0.25, 0.3) is 5.76 Å². The van der Waals surface area contributed by atoms with Gasteiger partial charge in [-0.1, -0.05) is 42.5 Å². The second-order valence-corrected chi connectivity index (χ2v) is 9.29. The Morgan fingerprint density at radius 3 is 2.65 bits per heavy atom. The summed E-state index contributed by atoms with van der Waals surface area (Å²) in [5.74, 6) is -0.232. The summed E-state index contributed by atoms with van der Waals surface area (Å²) < 4.78 is 17.0. The fourth-order valence-corrected chi connectivity index (χ4v) is 4.89. The lowest BCUT2D eigenvalue weighted by molar-refractivity contribution is -0.140. The van der Waals surface area contributed by atoms with Gasteiger partial charge in [-0.25, -0.2) is 0 Å². The first-order chi connectivity index (χ1) is 18.0. The molecule has 0 spiro atoms. The Morgan fingerprint density at radius 2 is 1.86 bits per heavy atom. The number of nitrogens with zero attached hydrogens (tertiary/aromatic N) is 1. The maximum absolute atomic E-state index is 13.3. The van der Waals surface area contributed by atoms with Gasteiger partial charge in [0.15, 0.2) is 0 Å². The van der Waals surface area contributed by atoms with Gasteiger partial charge in [-0.3, -0.25) is 9.59 Å². The van der Waals surface area contributed by atoms with Crippen molar-refractivity contribution >= 4 is 17.4 Å². The molecule has 1 N–H and O–H groups in total. The third kappa shape index (κ3) is 4.95. The Labute approximate surface area is 215 Å². The van der Waals surface area contributed by atoms with E-state index in [-0.39, 0.29) is 30.6 Å². The number of aliphatic hydroxyl groups excluding tert-OH is 1. The number of benzene rings is 3. The minimum Gasteiger partial charge on any atom is -0.507 e. The van der Waals surface area contributed by atoms with Gasteiger partial charge in [0, 0.05) is 25.6 Å². The van der Waals surface area contributed by atoms with Gasteiger partial charge in [-0.15, -0.1) is 0 Å². The van der Waals surface area contributed by atoms with E-state index in [0.717, 1.165) is 16.9 Å². The molecular formula is C30H29NO6. The number of rotatable bonds is 8. The average Bonchev–Trinajstić information content (AvgIpc) is 3.41. The number of ketones is 1. The third-order valence-corrected chi connectivity index (χ3v) is 6.67. The van der Waals surface area contributed by atoms with Crippen LogP contribution in [0.3, 0.4) is 0 Å². The molecule has 2 unspecified atom stereocenters. The summed E-state index contributed by atoms with van der Waals surface area (Å²) in [6.45, 7) is 2.81. The fourth-order valence-electron chi connectivity index (χ4n) is 4.89. The quantitative estimate of drug-likeness (QED) is 0.276. The van der Waals surface area contributed by atoms with E-state index in [1.807, 2.05) is 67.6 Å². The van der Waals surface area contributed by atoms with Crippen molar-refractivity contribution in [3.05, 3.63) is 101 Å². The number of carbonyl (C=O) groups excluding carboxylic acids is 2. The Kier molecular flexibility index (Phi) is 6.97. The second kappa shape index (κ2) is 10.5. The van der Waals surface area contributed by atoms with Gasteiger partial charge in [0.05, 0.1) is 18.2 Å². The van der Waals surface area contributed by atoms with Gasteiger partial charge in [-0.05, 0) is 53.9 Å². The number of ether oxygens (including phenoxy) is 3. The standard InChI is InChI=1S/C30H29NO6/c1-19-15-23-16-22(11-12-25(23)37-19)28(32)26-27(31(13-14-35-2)30(34)29(26)33)21-9-6-10-24(17-21)36-18-20-7-4-3-5-8-20/h3-12,16-17,19,27,32H,13-15,18H2,1-2H3/b28-26+. The molecule has 0 saturated carbocycles. The number of fused-ring (bicyclic) bond motifs is 1. The van der Waals surface area contributed by atoms with Crippen LogP contribution in [-0.2, 0) is 27.4 Å². The fraction of sp³-hybridized carbons (Fsp3) is 0.267. The number of amides is 1. The highest BCUT2D eigenvalue weighted by atomic mass is 16.5. The SMILES string of the molecule is COCCN1C(=O)C(=O)/C(=C(/O)c2ccc3c(c2)CC(C)O3)C1c1cccc(OCc2ccccc2)c1. The van der Waals surface area contributed by atoms with E-state index in [4.69, 9.17) is 14.2 Å². The molecule has 37 heavy (non-hydrogen) atoms. The summed E-state index contributed by atoms with van der Waals surface area (Å²) in [7, 11) is 1.54. The van der Waals surface area contributed by atoms with Crippen LogP contribution in [0.2, 0.25) is 0 Å². The molecule has 2 aliphatic rings. The molecule has 0 aliphatic carbocycles. The van der Waals surface area contributed by atoms with Crippen molar-refractivity contribution in [1.82, 2.24) is 4.90 Å². The molecule has 1 amide bonds. The lowest BCUT2D eigenvalue weighted by Gasteiger charge is -2.25. The molecule has 1 fully saturated rings. The first-order valence-electron chi connectivity index (χ1n) is 12.3. The number of aliphatic hydroxyl groups is 1. The van der Waals surface area contributed by atoms with E-state index in [1.165, 1.54) is 12.0 Å². The summed E-state index contributed by atoms with van der Waals surface area (Å²) in [6.07, 6.45) is 0.758. The molecule has 0 radical (unpaired) electrons. The highest BCUT2D eigenvalue weighted by Gasteiger charge is 2.46. The van der Waals surface area contributed by atoms with Gasteiger partial charge in [-0.2, -0.15) is 0 Å². The Bertz CT molecular complexity index is 1350. The lowest BCUT2D eigenvalue weighted by atomic mass is 9.94. The molecule has 3 aromatic rings. The van der Waals surface area contributed by atoms with Crippen molar-refractivity contribution in [3.63, 3.8) is 0 Å². The molecule has 3 aromatic carbocycles. The van der Waals surface area contributed by atoms with E-state index in [1.54, 1.807) is 12.1 Å². The minimum atomic E-state index is -0.779. The normalized spacial score (nSPS) is 20.1. The maximum atomic E-state index is 13.3. The summed E-state index contributed by atoms with van der Waals surface area (Å²) in [5, 5.41) is 11.4. The maximum Gasteiger partial charge on any atom is 0.295 e. The summed E-state index contributed by atoms with van der Waals surface area (Å²) in [5.41, 5.74) is 3.17. The van der Waals surface area contributed by atoms with Crippen molar-refractivity contribution in [2.24, 2.45) is 0 Å². The lowest BCUT2D eigenvalue weighted by Crippen LogP contribution is -2.32. The zero-order valence-corrected chi connectivity index (χ0v) is 20.8. The Hall–Kier alpha value is -4.10. The van der Waals surface area contributed by atoms with E-state index in [2.05, 4.69) is 0 Å². The Balaban J connectivity index is 1.53. The molecule has 5 rings (SSSR count). The van der Waals surface area contributed by atoms with Crippen molar-refractivity contribution in [3.8, 4) is 11.5 Å². The summed E-state index contributed by atoms with van der Waals surface area (Å²) in [4.78, 5) is 27.8. The second-order valence-electron chi connectivity index (χ2n) is 9.29. The van der Waals surface area contributed by atoms with Crippen molar-refractivity contribution < 1.29 is 28.9 Å². The molecule has 7 heteroatoms. The molecule has 7 nitrogen and oxygen atoms in total. The third-order valence-electron chi connectivity index (χ3n) is 6.67. The van der Waals surface area contributed by atoms with Crippen molar-refractivity contribution in [2.75, 3.05) is 20.3 Å². The van der Waals surface area contributed by atoms with Gasteiger partial charge < -0.3 is 24.2 Å². The highest BCUT2D eigenvalue weighted by molar-refractivity contribution is 6.46. The number of hydrogen-bond acceptors (Lipinski definition) is 6. The summed E-state index contributed by atoms with van der Waals surface area (Å²) >= 11 is 0. The van der Waals surface area contributed by atoms with E-state index >= 15 is 0 Å². The number of likely N-dealkylation sites (tertiary alicyclic amines) is 1. The predicted molar refractivity (Wildman–Crippen MR) is 138 cm³/mol. The molecule has 2 heterocycles. The number of methoxy groups -OCH3 is 1. The smallest absolute Gasteiger partial charge is 0.295 e. The Morgan fingerprint density at radius 1 is 1.05 bits per heavy atom.